The summed E-state index contributed by atoms with van der Waals surface area (Å²) in [6.07, 6.45) is 0.519. The van der Waals surface area contributed by atoms with E-state index in [-0.39, 0.29) is 0 Å². The lowest BCUT2D eigenvalue weighted by molar-refractivity contribution is -0.144. The Hall–Kier alpha value is -1.46. The van der Waals surface area contributed by atoms with Gasteiger partial charge in [-0.3, -0.25) is 5.32 Å². The van der Waals surface area contributed by atoms with Crippen molar-refractivity contribution >= 4 is 29.2 Å². The second kappa shape index (κ2) is 7.36. The minimum absolute atomic E-state index is 0.294. The van der Waals surface area contributed by atoms with Crippen molar-refractivity contribution in [1.29, 1.82) is 0 Å². The van der Waals surface area contributed by atoms with Gasteiger partial charge in [0.05, 0.1) is 0 Å². The summed E-state index contributed by atoms with van der Waals surface area (Å²) in [6, 6.07) is 4.68. The predicted molar refractivity (Wildman–Crippen MR) is 78.1 cm³/mol. The Morgan fingerprint density at radius 1 is 1.55 bits per heavy atom. The molecule has 8 heteroatoms. The zero-order valence-electron chi connectivity index (χ0n) is 10.8. The van der Waals surface area contributed by atoms with E-state index in [0.717, 1.165) is 0 Å². The van der Waals surface area contributed by atoms with Crippen LogP contribution in [-0.4, -0.2) is 24.2 Å². The van der Waals surface area contributed by atoms with Crippen LogP contribution in [0, 0.1) is 0 Å². The third-order valence-corrected chi connectivity index (χ3v) is 3.44. The molecule has 108 valence electrons. The van der Waals surface area contributed by atoms with Crippen molar-refractivity contribution in [3.63, 3.8) is 0 Å². The average molecular weight is 317 g/mol. The fraction of sp³-hybridized carbons (Fsp3) is 0.417. The SMILES string of the molecule is CC(NCCCN=[N+]=[N-])(C(=O)O)c1cc(Cl)ccc1Cl. The fourth-order valence-corrected chi connectivity index (χ4v) is 2.18. The first kappa shape index (κ1) is 16.6. The molecule has 20 heavy (non-hydrogen) atoms. The monoisotopic (exact) mass is 316 g/mol. The van der Waals surface area contributed by atoms with Gasteiger partial charge in [0.2, 0.25) is 0 Å². The molecule has 0 spiro atoms. The number of halogens is 2. The van der Waals surface area contributed by atoms with Crippen molar-refractivity contribution in [1.82, 2.24) is 5.32 Å². The lowest BCUT2D eigenvalue weighted by Crippen LogP contribution is -2.47. The van der Waals surface area contributed by atoms with Crippen LogP contribution in [0.15, 0.2) is 23.3 Å². The molecule has 0 heterocycles. The molecule has 1 aromatic carbocycles. The molecule has 0 fully saturated rings. The standard InChI is InChI=1S/C12H14Cl2N4O2/c1-12(11(19)20,16-5-2-6-17-18-15)9-7-8(13)3-4-10(9)14/h3-4,7,16H,2,5-6H2,1H3,(H,19,20). The van der Waals surface area contributed by atoms with Crippen LogP contribution in [0.4, 0.5) is 0 Å². The third-order valence-electron chi connectivity index (χ3n) is 2.87. The van der Waals surface area contributed by atoms with Gasteiger partial charge in [-0.1, -0.05) is 28.3 Å². The molecule has 0 saturated carbocycles. The molecule has 1 aromatic rings. The highest BCUT2D eigenvalue weighted by Gasteiger charge is 2.36. The highest BCUT2D eigenvalue weighted by molar-refractivity contribution is 6.33. The summed E-state index contributed by atoms with van der Waals surface area (Å²) in [5.74, 6) is -1.06. The maximum Gasteiger partial charge on any atom is 0.328 e. The first-order chi connectivity index (χ1) is 9.41. The summed E-state index contributed by atoms with van der Waals surface area (Å²) >= 11 is 12.0. The van der Waals surface area contributed by atoms with Gasteiger partial charge in [-0.05, 0) is 43.6 Å². The molecule has 0 aliphatic rings. The number of azide groups is 1. The highest BCUT2D eigenvalue weighted by Crippen LogP contribution is 2.31. The van der Waals surface area contributed by atoms with Gasteiger partial charge in [0, 0.05) is 27.1 Å². The molecule has 0 radical (unpaired) electrons. The first-order valence-corrected chi connectivity index (χ1v) is 6.62. The normalized spacial score (nSPS) is 13.3. The summed E-state index contributed by atoms with van der Waals surface area (Å²) in [7, 11) is 0. The number of carboxylic acid groups (broad SMARTS) is 1. The lowest BCUT2D eigenvalue weighted by atomic mass is 9.92. The predicted octanol–water partition coefficient (Wildman–Crippen LogP) is 3.58. The van der Waals surface area contributed by atoms with Gasteiger partial charge in [0.25, 0.3) is 0 Å². The molecule has 1 unspecified atom stereocenters. The summed E-state index contributed by atoms with van der Waals surface area (Å²) in [5, 5.41) is 16.5. The Morgan fingerprint density at radius 2 is 2.25 bits per heavy atom. The van der Waals surface area contributed by atoms with Crippen molar-refractivity contribution in [2.45, 2.75) is 18.9 Å². The molecular weight excluding hydrogens is 303 g/mol. The highest BCUT2D eigenvalue weighted by atomic mass is 35.5. The number of carbonyl (C=O) groups is 1. The van der Waals surface area contributed by atoms with Crippen LogP contribution in [0.1, 0.15) is 18.9 Å². The summed E-state index contributed by atoms with van der Waals surface area (Å²) in [4.78, 5) is 14.2. The number of rotatable bonds is 7. The van der Waals surface area contributed by atoms with E-state index >= 15 is 0 Å². The Bertz CT molecular complexity index is 546. The minimum atomic E-state index is -1.36. The van der Waals surface area contributed by atoms with E-state index in [1.165, 1.54) is 13.0 Å². The van der Waals surface area contributed by atoms with Crippen LogP contribution < -0.4 is 5.32 Å². The molecule has 0 aromatic heterocycles. The maximum absolute atomic E-state index is 11.6. The number of nitrogens with one attached hydrogen (secondary N) is 1. The average Bonchev–Trinajstić information content (AvgIpc) is 2.40. The van der Waals surface area contributed by atoms with Gasteiger partial charge in [-0.15, -0.1) is 0 Å². The van der Waals surface area contributed by atoms with Crippen LogP contribution in [0.25, 0.3) is 10.4 Å². The van der Waals surface area contributed by atoms with E-state index in [9.17, 15) is 9.90 Å². The zero-order valence-corrected chi connectivity index (χ0v) is 12.3. The summed E-state index contributed by atoms with van der Waals surface area (Å²) in [5.41, 5.74) is 7.20. The Morgan fingerprint density at radius 3 is 2.85 bits per heavy atom. The number of nitrogens with zero attached hydrogens (tertiary/aromatic N) is 3. The fourth-order valence-electron chi connectivity index (χ4n) is 1.70. The molecule has 0 amide bonds. The van der Waals surface area contributed by atoms with Crippen molar-refractivity contribution in [3.05, 3.63) is 44.3 Å². The van der Waals surface area contributed by atoms with Gasteiger partial charge in [-0.2, -0.15) is 0 Å². The van der Waals surface area contributed by atoms with Crippen molar-refractivity contribution in [3.8, 4) is 0 Å². The topological polar surface area (TPSA) is 98.1 Å². The number of aliphatic carboxylic acids is 1. The molecular formula is C12H14Cl2N4O2. The van der Waals surface area contributed by atoms with E-state index in [0.29, 0.717) is 35.1 Å². The number of carboxylic acids is 1. The number of hydrogen-bond donors (Lipinski definition) is 2. The molecule has 1 atom stereocenters. The van der Waals surface area contributed by atoms with Crippen molar-refractivity contribution in [2.24, 2.45) is 5.11 Å². The molecule has 2 N–H and O–H groups in total. The Balaban J connectivity index is 2.93. The van der Waals surface area contributed by atoms with Gasteiger partial charge in [0.1, 0.15) is 5.54 Å². The van der Waals surface area contributed by atoms with Gasteiger partial charge < -0.3 is 5.11 Å². The lowest BCUT2D eigenvalue weighted by Gasteiger charge is -2.28. The molecule has 1 rings (SSSR count). The molecule has 0 saturated heterocycles. The van der Waals surface area contributed by atoms with E-state index in [4.69, 9.17) is 28.7 Å². The second-order valence-electron chi connectivity index (χ2n) is 4.29. The summed E-state index contributed by atoms with van der Waals surface area (Å²) in [6.45, 7) is 2.17. The largest absolute Gasteiger partial charge is 0.480 e. The van der Waals surface area contributed by atoms with Crippen LogP contribution in [0.5, 0.6) is 0 Å². The second-order valence-corrected chi connectivity index (χ2v) is 5.13. The molecule has 0 aliphatic carbocycles. The smallest absolute Gasteiger partial charge is 0.328 e. The molecule has 0 aliphatic heterocycles. The minimum Gasteiger partial charge on any atom is -0.480 e. The van der Waals surface area contributed by atoms with Crippen LogP contribution in [0.2, 0.25) is 10.0 Å². The third kappa shape index (κ3) is 4.02. The van der Waals surface area contributed by atoms with E-state index in [2.05, 4.69) is 15.3 Å². The van der Waals surface area contributed by atoms with E-state index in [1.54, 1.807) is 12.1 Å². The first-order valence-electron chi connectivity index (χ1n) is 5.86. The van der Waals surface area contributed by atoms with Crippen LogP contribution >= 0.6 is 23.2 Å². The van der Waals surface area contributed by atoms with Crippen LogP contribution in [0.3, 0.4) is 0 Å². The quantitative estimate of drug-likeness (QED) is 0.348. The van der Waals surface area contributed by atoms with E-state index in [1.807, 2.05) is 0 Å². The zero-order chi connectivity index (χ0) is 15.2. The Kier molecular flexibility index (Phi) is 6.10. The molecule has 0 bridgehead atoms. The molecule has 6 nitrogen and oxygen atoms in total. The van der Waals surface area contributed by atoms with Gasteiger partial charge in [-0.25, -0.2) is 4.79 Å². The van der Waals surface area contributed by atoms with E-state index < -0.39 is 11.5 Å². The number of benzene rings is 1. The maximum atomic E-state index is 11.6. The van der Waals surface area contributed by atoms with Crippen molar-refractivity contribution < 1.29 is 9.90 Å². The summed E-state index contributed by atoms with van der Waals surface area (Å²) < 4.78 is 0. The van der Waals surface area contributed by atoms with Gasteiger partial charge >= 0.3 is 5.97 Å². The Labute approximate surface area is 126 Å². The van der Waals surface area contributed by atoms with Crippen LogP contribution in [-0.2, 0) is 10.3 Å². The van der Waals surface area contributed by atoms with Gasteiger partial charge in [0.15, 0.2) is 0 Å². The number of hydrogen-bond acceptors (Lipinski definition) is 3. The van der Waals surface area contributed by atoms with Crippen molar-refractivity contribution in [2.75, 3.05) is 13.1 Å².